The molecule has 0 unspecified atom stereocenters. The second-order valence-corrected chi connectivity index (χ2v) is 7.87. The lowest BCUT2D eigenvalue weighted by Crippen LogP contribution is -2.53. The Bertz CT molecular complexity index is 879. The van der Waals surface area contributed by atoms with Crippen molar-refractivity contribution in [2.24, 2.45) is 5.92 Å². The van der Waals surface area contributed by atoms with Crippen molar-refractivity contribution in [3.05, 3.63) is 90.5 Å². The molecule has 30 heavy (non-hydrogen) atoms. The lowest BCUT2D eigenvalue weighted by molar-refractivity contribution is -0.0879. The molecular weight excluding hydrogens is 376 g/mol. The summed E-state index contributed by atoms with van der Waals surface area (Å²) in [4.78, 5) is 4.30. The van der Waals surface area contributed by atoms with Crippen LogP contribution in [-0.4, -0.2) is 52.1 Å². The predicted octanol–water partition coefficient (Wildman–Crippen LogP) is 3.30. The highest BCUT2D eigenvalue weighted by atomic mass is 16.3. The molecule has 1 saturated heterocycles. The number of nitrogens with zero attached hydrogens (tertiary/aromatic N) is 2. The number of aliphatic hydroxyl groups is 3. The molecule has 3 aromatic carbocycles. The molecule has 156 valence electrons. The number of aliphatic hydroxyl groups excluding tert-OH is 3. The van der Waals surface area contributed by atoms with E-state index in [9.17, 15) is 15.3 Å². The van der Waals surface area contributed by atoms with Crippen LogP contribution in [0.15, 0.2) is 84.9 Å². The van der Waals surface area contributed by atoms with Crippen LogP contribution >= 0.6 is 0 Å². The van der Waals surface area contributed by atoms with Gasteiger partial charge in [0.1, 0.15) is 0 Å². The summed E-state index contributed by atoms with van der Waals surface area (Å²) in [5.74, 6) is -0.320. The molecule has 0 aromatic heterocycles. The van der Waals surface area contributed by atoms with Crippen molar-refractivity contribution in [3.63, 3.8) is 0 Å². The number of anilines is 3. The number of likely N-dealkylation sites (tertiary alicyclic amines) is 1. The molecule has 3 aromatic rings. The number of benzene rings is 3. The number of β-amino-alcohol motifs (C(OH)–C–C–N with tert-alkyl or cyclic N) is 1. The molecule has 0 saturated carbocycles. The Kier molecular flexibility index (Phi) is 6.45. The van der Waals surface area contributed by atoms with Crippen LogP contribution in [0.4, 0.5) is 17.1 Å². The molecule has 3 N–H and O–H groups in total. The summed E-state index contributed by atoms with van der Waals surface area (Å²) in [6.07, 6.45) is -1.69. The van der Waals surface area contributed by atoms with Gasteiger partial charge in [0.05, 0.1) is 12.2 Å². The van der Waals surface area contributed by atoms with E-state index in [-0.39, 0.29) is 12.5 Å². The number of hydrogen-bond acceptors (Lipinski definition) is 5. The fourth-order valence-corrected chi connectivity index (χ4v) is 4.11. The Morgan fingerprint density at radius 3 is 1.80 bits per heavy atom. The summed E-state index contributed by atoms with van der Waals surface area (Å²) in [6.45, 7) is 1.50. The van der Waals surface area contributed by atoms with Crippen molar-refractivity contribution in [1.29, 1.82) is 0 Å². The lowest BCUT2D eigenvalue weighted by Gasteiger charge is -2.38. The first-order valence-corrected chi connectivity index (χ1v) is 10.3. The Balaban J connectivity index is 1.54. The summed E-state index contributed by atoms with van der Waals surface area (Å²) in [5.41, 5.74) is 4.38. The predicted molar refractivity (Wildman–Crippen MR) is 119 cm³/mol. The Morgan fingerprint density at radius 1 is 0.733 bits per heavy atom. The zero-order chi connectivity index (χ0) is 20.9. The molecule has 0 spiro atoms. The molecule has 1 aliphatic heterocycles. The number of hydrogen-bond donors (Lipinski definition) is 3. The van der Waals surface area contributed by atoms with Crippen molar-refractivity contribution in [3.8, 4) is 0 Å². The average molecular weight is 405 g/mol. The van der Waals surface area contributed by atoms with Crippen molar-refractivity contribution in [1.82, 2.24) is 4.90 Å². The van der Waals surface area contributed by atoms with Gasteiger partial charge in [0.25, 0.3) is 0 Å². The third-order valence-corrected chi connectivity index (χ3v) is 5.68. The van der Waals surface area contributed by atoms with E-state index in [1.54, 1.807) is 0 Å². The Labute approximate surface area is 177 Å². The number of piperidine rings is 1. The molecule has 0 bridgehead atoms. The van der Waals surface area contributed by atoms with E-state index < -0.39 is 12.2 Å². The zero-order valence-electron chi connectivity index (χ0n) is 16.9. The second kappa shape index (κ2) is 9.41. The van der Waals surface area contributed by atoms with E-state index in [0.29, 0.717) is 19.6 Å². The van der Waals surface area contributed by atoms with Crippen molar-refractivity contribution < 1.29 is 15.3 Å². The summed E-state index contributed by atoms with van der Waals surface area (Å²) < 4.78 is 0. The molecule has 5 heteroatoms. The van der Waals surface area contributed by atoms with Crippen LogP contribution in [0.1, 0.15) is 5.56 Å². The molecule has 0 radical (unpaired) electrons. The summed E-state index contributed by atoms with van der Waals surface area (Å²) in [6, 6.07) is 28.9. The van der Waals surface area contributed by atoms with Crippen molar-refractivity contribution in [2.75, 3.05) is 24.6 Å². The smallest absolute Gasteiger partial charge is 0.0929 e. The second-order valence-electron chi connectivity index (χ2n) is 7.87. The average Bonchev–Trinajstić information content (AvgIpc) is 2.79. The van der Waals surface area contributed by atoms with Crippen LogP contribution in [0, 0.1) is 5.92 Å². The number of para-hydroxylation sites is 2. The van der Waals surface area contributed by atoms with Crippen LogP contribution in [-0.2, 0) is 6.54 Å². The van der Waals surface area contributed by atoms with Gasteiger partial charge in [-0.2, -0.15) is 0 Å². The quantitative estimate of drug-likeness (QED) is 0.588. The van der Waals surface area contributed by atoms with E-state index in [1.807, 2.05) is 36.4 Å². The van der Waals surface area contributed by atoms with E-state index >= 15 is 0 Å². The molecule has 3 atom stereocenters. The van der Waals surface area contributed by atoms with Crippen molar-refractivity contribution >= 4 is 17.1 Å². The third-order valence-electron chi connectivity index (χ3n) is 5.68. The van der Waals surface area contributed by atoms with Gasteiger partial charge in [-0.25, -0.2) is 0 Å². The van der Waals surface area contributed by atoms with Gasteiger partial charge in [0.2, 0.25) is 0 Å². The summed E-state index contributed by atoms with van der Waals surface area (Å²) in [7, 11) is 0. The first-order chi connectivity index (χ1) is 14.7. The van der Waals surface area contributed by atoms with Gasteiger partial charge in [-0.15, -0.1) is 0 Å². The monoisotopic (exact) mass is 404 g/mol. The van der Waals surface area contributed by atoms with E-state index in [2.05, 4.69) is 58.3 Å². The zero-order valence-corrected chi connectivity index (χ0v) is 16.9. The maximum absolute atomic E-state index is 10.1. The standard InChI is InChI=1S/C25H28N2O3/c28-18-20-16-26(17-24(29)25(20)30)15-19-11-13-23(14-12-19)27(21-7-3-1-4-8-21)22-9-5-2-6-10-22/h1-14,20,24-25,28-30H,15-18H2/t20-,24-,25-/m0/s1. The molecule has 0 aliphatic carbocycles. The largest absolute Gasteiger partial charge is 0.396 e. The molecule has 1 fully saturated rings. The van der Waals surface area contributed by atoms with E-state index in [4.69, 9.17) is 0 Å². The van der Waals surface area contributed by atoms with Gasteiger partial charge >= 0.3 is 0 Å². The summed E-state index contributed by atoms with van der Waals surface area (Å²) in [5, 5.41) is 29.6. The Morgan fingerprint density at radius 2 is 1.27 bits per heavy atom. The molecule has 4 rings (SSSR count). The van der Waals surface area contributed by atoms with Crippen LogP contribution in [0.3, 0.4) is 0 Å². The van der Waals surface area contributed by atoms with Crippen molar-refractivity contribution in [2.45, 2.75) is 18.8 Å². The highest BCUT2D eigenvalue weighted by molar-refractivity contribution is 5.76. The normalized spacial score (nSPS) is 22.0. The maximum Gasteiger partial charge on any atom is 0.0929 e. The van der Waals surface area contributed by atoms with Gasteiger partial charge in [-0.3, -0.25) is 4.90 Å². The maximum atomic E-state index is 10.1. The first-order valence-electron chi connectivity index (χ1n) is 10.3. The highest BCUT2D eigenvalue weighted by Gasteiger charge is 2.34. The third kappa shape index (κ3) is 4.55. The van der Waals surface area contributed by atoms with Gasteiger partial charge in [-0.05, 0) is 42.0 Å². The van der Waals surface area contributed by atoms with Gasteiger partial charge in [0, 0.05) is 49.2 Å². The fraction of sp³-hybridized carbons (Fsp3) is 0.280. The molecular formula is C25H28N2O3. The van der Waals surface area contributed by atoms with Gasteiger partial charge in [0.15, 0.2) is 0 Å². The molecule has 1 aliphatic rings. The van der Waals surface area contributed by atoms with Crippen LogP contribution in [0.25, 0.3) is 0 Å². The molecule has 5 nitrogen and oxygen atoms in total. The summed E-state index contributed by atoms with van der Waals surface area (Å²) >= 11 is 0. The van der Waals surface area contributed by atoms with Gasteiger partial charge < -0.3 is 20.2 Å². The minimum atomic E-state index is -0.862. The SMILES string of the molecule is OC[C@@H]1CN(Cc2ccc(N(c3ccccc3)c3ccccc3)cc2)C[C@H](O)[C@H]1O. The number of rotatable bonds is 6. The Hall–Kier alpha value is -2.70. The van der Waals surface area contributed by atoms with Crippen LogP contribution < -0.4 is 4.90 Å². The van der Waals surface area contributed by atoms with Crippen LogP contribution in [0.5, 0.6) is 0 Å². The van der Waals surface area contributed by atoms with E-state index in [1.165, 1.54) is 0 Å². The molecule has 1 heterocycles. The minimum Gasteiger partial charge on any atom is -0.396 e. The fourth-order valence-electron chi connectivity index (χ4n) is 4.11. The minimum absolute atomic E-state index is 0.128. The highest BCUT2D eigenvalue weighted by Crippen LogP contribution is 2.34. The molecule has 0 amide bonds. The lowest BCUT2D eigenvalue weighted by atomic mass is 9.93. The van der Waals surface area contributed by atoms with E-state index in [0.717, 1.165) is 22.6 Å². The topological polar surface area (TPSA) is 67.2 Å². The van der Waals surface area contributed by atoms with Gasteiger partial charge in [-0.1, -0.05) is 48.5 Å². The van der Waals surface area contributed by atoms with Crippen LogP contribution in [0.2, 0.25) is 0 Å². The first kappa shape index (κ1) is 20.6.